The molecule has 5 nitrogen and oxygen atoms in total. The van der Waals surface area contributed by atoms with Crippen molar-refractivity contribution in [2.75, 3.05) is 0 Å². The highest BCUT2D eigenvalue weighted by Gasteiger charge is 2.28. The highest BCUT2D eigenvalue weighted by Crippen LogP contribution is 2.32. The van der Waals surface area contributed by atoms with Gasteiger partial charge in [-0.2, -0.15) is 0 Å². The summed E-state index contributed by atoms with van der Waals surface area (Å²) in [6.45, 7) is 1.82. The predicted octanol–water partition coefficient (Wildman–Crippen LogP) is 5.09. The van der Waals surface area contributed by atoms with Crippen molar-refractivity contribution in [1.82, 2.24) is 0 Å². The Morgan fingerprint density at radius 1 is 0.625 bits per heavy atom. The summed E-state index contributed by atoms with van der Waals surface area (Å²) in [6.07, 6.45) is 0. The van der Waals surface area contributed by atoms with Crippen LogP contribution in [-0.2, 0) is 21.0 Å². The SMILES string of the molecule is Cc1ccc(S(=O)(=O)[O-])cc1.Oc1ccc([S+](c2ccccc2)c2ccc(O)cc2)cc1. The van der Waals surface area contributed by atoms with E-state index in [-0.39, 0.29) is 27.3 Å². The number of rotatable bonds is 4. The van der Waals surface area contributed by atoms with Crippen molar-refractivity contribution in [3.05, 3.63) is 109 Å². The molecule has 0 heterocycles. The lowest BCUT2D eigenvalue weighted by Gasteiger charge is -2.08. The van der Waals surface area contributed by atoms with Crippen molar-refractivity contribution in [1.29, 1.82) is 0 Å². The van der Waals surface area contributed by atoms with Gasteiger partial charge in [-0.1, -0.05) is 35.9 Å². The van der Waals surface area contributed by atoms with E-state index in [1.165, 1.54) is 17.0 Å². The molecule has 0 saturated heterocycles. The molecule has 0 aliphatic heterocycles. The Morgan fingerprint density at radius 3 is 1.44 bits per heavy atom. The third-order valence-corrected chi connectivity index (χ3v) is 7.51. The number of hydrogen-bond donors (Lipinski definition) is 2. The number of aromatic hydroxyl groups is 2. The molecule has 0 amide bonds. The van der Waals surface area contributed by atoms with E-state index in [9.17, 15) is 23.2 Å². The third-order valence-electron chi connectivity index (χ3n) is 4.43. The zero-order valence-electron chi connectivity index (χ0n) is 17.3. The molecule has 164 valence electrons. The molecule has 0 aliphatic rings. The molecule has 0 aromatic heterocycles. The number of hydrogen-bond acceptors (Lipinski definition) is 5. The molecule has 4 rings (SSSR count). The van der Waals surface area contributed by atoms with Gasteiger partial charge in [-0.15, -0.1) is 0 Å². The molecule has 0 saturated carbocycles. The van der Waals surface area contributed by atoms with Crippen LogP contribution in [0.3, 0.4) is 0 Å². The molecule has 4 aromatic carbocycles. The lowest BCUT2D eigenvalue weighted by Crippen LogP contribution is -2.04. The second kappa shape index (κ2) is 10.4. The molecule has 0 fully saturated rings. The molecule has 32 heavy (non-hydrogen) atoms. The summed E-state index contributed by atoms with van der Waals surface area (Å²) < 4.78 is 31.2. The van der Waals surface area contributed by atoms with Gasteiger partial charge in [0.05, 0.1) is 15.8 Å². The summed E-state index contributed by atoms with van der Waals surface area (Å²) in [5.74, 6) is 0.530. The molecule has 4 aromatic rings. The van der Waals surface area contributed by atoms with Crippen LogP contribution in [0.15, 0.2) is 123 Å². The minimum Gasteiger partial charge on any atom is -0.744 e. The van der Waals surface area contributed by atoms with Crippen LogP contribution in [0.25, 0.3) is 0 Å². The monoisotopic (exact) mass is 466 g/mol. The van der Waals surface area contributed by atoms with Crippen molar-refractivity contribution in [2.45, 2.75) is 26.5 Å². The standard InChI is InChI=1S/C18H14O2S.C7H8O3S/c19-14-6-10-17(11-7-14)21(16-4-2-1-3-5-16)18-12-8-15(20)9-13-18;1-6-2-4-7(5-3-6)11(8,9)10/h1-13H,(H-,19,20);2-5H,1H3,(H,8,9,10). The quantitative estimate of drug-likeness (QED) is 0.322. The van der Waals surface area contributed by atoms with Gasteiger partial charge in [-0.05, 0) is 79.7 Å². The molecular weight excluding hydrogens is 444 g/mol. The Hall–Kier alpha value is -3.26. The maximum absolute atomic E-state index is 10.4. The fraction of sp³-hybridized carbons (Fsp3) is 0.0400. The highest BCUT2D eigenvalue weighted by molar-refractivity contribution is 7.97. The van der Waals surface area contributed by atoms with E-state index in [0.29, 0.717) is 0 Å². The fourth-order valence-corrected chi connectivity index (χ4v) is 5.37. The molecule has 0 aliphatic carbocycles. The van der Waals surface area contributed by atoms with Gasteiger partial charge in [0.1, 0.15) is 21.6 Å². The molecule has 7 heteroatoms. The number of benzene rings is 4. The maximum atomic E-state index is 10.4. The Kier molecular flexibility index (Phi) is 7.58. The van der Waals surface area contributed by atoms with Crippen LogP contribution in [0.5, 0.6) is 11.5 Å². The van der Waals surface area contributed by atoms with E-state index in [1.807, 2.05) is 49.4 Å². The van der Waals surface area contributed by atoms with E-state index in [1.54, 1.807) is 36.4 Å². The lowest BCUT2D eigenvalue weighted by atomic mass is 10.2. The van der Waals surface area contributed by atoms with Crippen LogP contribution in [0, 0.1) is 6.92 Å². The van der Waals surface area contributed by atoms with Gasteiger partial charge < -0.3 is 14.8 Å². The molecule has 0 bridgehead atoms. The summed E-state index contributed by atoms with van der Waals surface area (Å²) in [7, 11) is -4.52. The minimum atomic E-state index is -4.27. The van der Waals surface area contributed by atoms with Crippen molar-refractivity contribution in [3.63, 3.8) is 0 Å². The topological polar surface area (TPSA) is 97.7 Å². The Labute approximate surface area is 190 Å². The fourth-order valence-electron chi connectivity index (χ4n) is 2.83. The van der Waals surface area contributed by atoms with Crippen LogP contribution < -0.4 is 0 Å². The normalized spacial score (nSPS) is 11.0. The predicted molar refractivity (Wildman–Crippen MR) is 124 cm³/mol. The van der Waals surface area contributed by atoms with Crippen LogP contribution in [0.1, 0.15) is 5.56 Å². The van der Waals surface area contributed by atoms with Crippen molar-refractivity contribution < 1.29 is 23.2 Å². The first-order valence-corrected chi connectivity index (χ1v) is 12.3. The summed E-state index contributed by atoms with van der Waals surface area (Å²) in [5, 5.41) is 19.0. The second-order valence-corrected chi connectivity index (χ2v) is 10.3. The summed E-state index contributed by atoms with van der Waals surface area (Å²) >= 11 is 0. The average molecular weight is 467 g/mol. The van der Waals surface area contributed by atoms with Gasteiger partial charge in [0.25, 0.3) is 0 Å². The Bertz CT molecular complexity index is 1190. The van der Waals surface area contributed by atoms with E-state index in [0.717, 1.165) is 15.4 Å². The van der Waals surface area contributed by atoms with Crippen LogP contribution >= 0.6 is 0 Å². The average Bonchev–Trinajstić information content (AvgIpc) is 2.77. The number of phenolic OH excluding ortho intramolecular Hbond substituents is 2. The first-order chi connectivity index (χ1) is 15.2. The van der Waals surface area contributed by atoms with E-state index >= 15 is 0 Å². The maximum Gasteiger partial charge on any atom is 0.166 e. The van der Waals surface area contributed by atoms with Crippen molar-refractivity contribution in [2.24, 2.45) is 0 Å². The molecule has 0 radical (unpaired) electrons. The van der Waals surface area contributed by atoms with Gasteiger partial charge in [0.15, 0.2) is 14.7 Å². The summed E-state index contributed by atoms with van der Waals surface area (Å²) in [5.41, 5.74) is 0.928. The van der Waals surface area contributed by atoms with E-state index in [2.05, 4.69) is 12.1 Å². The summed E-state index contributed by atoms with van der Waals surface area (Å²) in [4.78, 5) is 3.28. The van der Waals surface area contributed by atoms with Crippen LogP contribution in [0.4, 0.5) is 0 Å². The zero-order valence-corrected chi connectivity index (χ0v) is 18.9. The lowest BCUT2D eigenvalue weighted by molar-refractivity contribution is 0.463. The Morgan fingerprint density at radius 2 is 1.03 bits per heavy atom. The molecule has 2 N–H and O–H groups in total. The molecular formula is C25H22O5S2. The summed E-state index contributed by atoms with van der Waals surface area (Å²) in [6, 6.07) is 30.6. The Balaban J connectivity index is 0.000000222. The number of phenols is 2. The first kappa shape index (κ1) is 23.4. The second-order valence-electron chi connectivity index (χ2n) is 6.87. The molecule has 0 unspecified atom stereocenters. The van der Waals surface area contributed by atoms with E-state index in [4.69, 9.17) is 0 Å². The zero-order chi connectivity index (χ0) is 23.1. The van der Waals surface area contributed by atoms with Crippen molar-refractivity contribution >= 4 is 21.0 Å². The van der Waals surface area contributed by atoms with Crippen molar-refractivity contribution in [3.8, 4) is 11.5 Å². The van der Waals surface area contributed by atoms with Gasteiger partial charge in [0.2, 0.25) is 0 Å². The smallest absolute Gasteiger partial charge is 0.166 e. The highest BCUT2D eigenvalue weighted by atomic mass is 32.2. The van der Waals surface area contributed by atoms with Gasteiger partial charge >= 0.3 is 0 Å². The third kappa shape index (κ3) is 6.37. The van der Waals surface area contributed by atoms with Gasteiger partial charge in [0, 0.05) is 0 Å². The van der Waals surface area contributed by atoms with Crippen LogP contribution in [0.2, 0.25) is 0 Å². The van der Waals surface area contributed by atoms with Crippen LogP contribution in [-0.4, -0.2) is 23.2 Å². The largest absolute Gasteiger partial charge is 0.744 e. The first-order valence-electron chi connectivity index (χ1n) is 9.64. The van der Waals surface area contributed by atoms with E-state index < -0.39 is 10.1 Å². The molecule has 0 spiro atoms. The van der Waals surface area contributed by atoms with Gasteiger partial charge in [-0.3, -0.25) is 0 Å². The number of aryl methyl sites for hydroxylation is 1. The molecule has 0 atom stereocenters. The van der Waals surface area contributed by atoms with Gasteiger partial charge in [-0.25, -0.2) is 8.42 Å². The minimum absolute atomic E-state index is 0.178.